The molecule has 1 aliphatic heterocycles. The highest BCUT2D eigenvalue weighted by atomic mass is 31.0. The molecule has 1 rings (SSSR count). The van der Waals surface area contributed by atoms with Gasteiger partial charge >= 0.3 is 5.97 Å². The zero-order valence-electron chi connectivity index (χ0n) is 8.03. The lowest BCUT2D eigenvalue weighted by atomic mass is 10.2. The summed E-state index contributed by atoms with van der Waals surface area (Å²) in [7, 11) is 4.17. The van der Waals surface area contributed by atoms with Gasteiger partial charge in [0.25, 0.3) is 0 Å². The van der Waals surface area contributed by atoms with Crippen LogP contribution in [0.25, 0.3) is 0 Å². The minimum Gasteiger partial charge on any atom is -0.465 e. The monoisotopic (exact) mass is 205 g/mol. The van der Waals surface area contributed by atoms with Crippen LogP contribution in [0.5, 0.6) is 0 Å². The number of hydrogen-bond donors (Lipinski definition) is 0. The highest BCUT2D eigenvalue weighted by Gasteiger charge is 2.36. The second-order valence-corrected chi connectivity index (χ2v) is 3.58. The number of ether oxygens (including phenoxy) is 2. The lowest BCUT2D eigenvalue weighted by Crippen LogP contribution is -2.35. The summed E-state index contributed by atoms with van der Waals surface area (Å²) in [4.78, 5) is 11.4. The van der Waals surface area contributed by atoms with Crippen LogP contribution in [0.15, 0.2) is 0 Å². The summed E-state index contributed by atoms with van der Waals surface area (Å²) >= 11 is 0. The van der Waals surface area contributed by atoms with Gasteiger partial charge in [-0.1, -0.05) is 9.39 Å². The van der Waals surface area contributed by atoms with Crippen molar-refractivity contribution < 1.29 is 14.3 Å². The lowest BCUT2D eigenvalue weighted by Gasteiger charge is -2.22. The van der Waals surface area contributed by atoms with Gasteiger partial charge in [-0.2, -0.15) is 0 Å². The molecule has 0 amide bonds. The summed E-state index contributed by atoms with van der Waals surface area (Å²) in [5, 5.41) is 0. The molecule has 1 fully saturated rings. The number of esters is 1. The Bertz CT molecular complexity index is 188. The van der Waals surface area contributed by atoms with Crippen LogP contribution in [0.3, 0.4) is 0 Å². The summed E-state index contributed by atoms with van der Waals surface area (Å²) in [6.07, 6.45) is 1.71. The molecule has 13 heavy (non-hydrogen) atoms. The summed E-state index contributed by atoms with van der Waals surface area (Å²) in [6, 6.07) is -0.158. The summed E-state index contributed by atoms with van der Waals surface area (Å²) in [6.45, 7) is 2.25. The quantitative estimate of drug-likeness (QED) is 0.504. The van der Waals surface area contributed by atoms with Crippen LogP contribution in [0.1, 0.15) is 19.8 Å². The normalized spacial score (nSPS) is 29.2. The second-order valence-electron chi connectivity index (χ2n) is 2.98. The molecule has 5 heteroatoms. The van der Waals surface area contributed by atoms with E-state index in [1.165, 1.54) is 0 Å². The van der Waals surface area contributed by atoms with Gasteiger partial charge < -0.3 is 9.47 Å². The fraction of sp³-hybridized carbons (Fsp3) is 0.875. The highest BCUT2D eigenvalue weighted by Crippen LogP contribution is 2.28. The number of nitrogens with zero attached hydrogens (tertiary/aromatic N) is 1. The van der Waals surface area contributed by atoms with E-state index in [9.17, 15) is 4.79 Å². The molecule has 1 heterocycles. The molecule has 76 valence electrons. The Labute approximate surface area is 80.8 Å². The summed E-state index contributed by atoms with van der Waals surface area (Å²) < 4.78 is 12.0. The Balaban J connectivity index is 2.48. The van der Waals surface area contributed by atoms with Gasteiger partial charge in [-0.15, -0.1) is 0 Å². The smallest absolute Gasteiger partial charge is 0.323 e. The van der Waals surface area contributed by atoms with E-state index in [0.29, 0.717) is 6.61 Å². The summed E-state index contributed by atoms with van der Waals surface area (Å²) in [5.41, 5.74) is 0. The second kappa shape index (κ2) is 4.89. The van der Waals surface area contributed by atoms with Gasteiger partial charge in [0.05, 0.1) is 6.61 Å². The minimum atomic E-state index is -0.158. The average Bonchev–Trinajstić information content (AvgIpc) is 2.47. The van der Waals surface area contributed by atoms with Crippen molar-refractivity contribution in [2.24, 2.45) is 0 Å². The molecule has 0 aliphatic carbocycles. The number of carbonyl (C=O) groups is 1. The van der Waals surface area contributed by atoms with Gasteiger partial charge in [0.1, 0.15) is 12.3 Å². The van der Waals surface area contributed by atoms with E-state index in [1.807, 2.05) is 11.6 Å². The van der Waals surface area contributed by atoms with Crippen LogP contribution < -0.4 is 0 Å². The molecule has 1 aliphatic rings. The Morgan fingerprint density at radius 3 is 2.77 bits per heavy atom. The molecule has 0 aromatic carbocycles. The van der Waals surface area contributed by atoms with Gasteiger partial charge in [-0.05, 0) is 19.8 Å². The first kappa shape index (κ1) is 10.9. The maximum Gasteiger partial charge on any atom is 0.323 e. The van der Waals surface area contributed by atoms with Gasteiger partial charge in [0, 0.05) is 7.11 Å². The van der Waals surface area contributed by atoms with Gasteiger partial charge in [0.15, 0.2) is 0 Å². The van der Waals surface area contributed by atoms with Crippen molar-refractivity contribution in [3.05, 3.63) is 0 Å². The van der Waals surface area contributed by atoms with Crippen LogP contribution >= 0.6 is 9.39 Å². The van der Waals surface area contributed by atoms with E-state index in [1.54, 1.807) is 7.11 Å². The van der Waals surface area contributed by atoms with Crippen molar-refractivity contribution in [1.29, 1.82) is 0 Å². The SMILES string of the molecule is CCOC(=O)[C@@H]1CCC(OC)N1P. The third-order valence-electron chi connectivity index (χ3n) is 2.21. The van der Waals surface area contributed by atoms with Crippen LogP contribution in [0, 0.1) is 0 Å². The van der Waals surface area contributed by atoms with Crippen molar-refractivity contribution in [3.8, 4) is 0 Å². The predicted molar refractivity (Wildman–Crippen MR) is 52.0 cm³/mol. The number of methoxy groups -OCH3 is 1. The zero-order valence-corrected chi connectivity index (χ0v) is 9.18. The first-order valence-corrected chi connectivity index (χ1v) is 4.94. The molecule has 0 spiro atoms. The molecular formula is C8H16NO3P. The van der Waals surface area contributed by atoms with E-state index >= 15 is 0 Å². The molecule has 3 atom stereocenters. The largest absolute Gasteiger partial charge is 0.465 e. The summed E-state index contributed by atoms with van der Waals surface area (Å²) in [5.74, 6) is -0.156. The van der Waals surface area contributed by atoms with Crippen LogP contribution in [-0.4, -0.2) is 36.6 Å². The van der Waals surface area contributed by atoms with Gasteiger partial charge in [0.2, 0.25) is 0 Å². The predicted octanol–water partition coefficient (Wildman–Crippen LogP) is 0.776. The first-order valence-electron chi connectivity index (χ1n) is 4.43. The lowest BCUT2D eigenvalue weighted by molar-refractivity contribution is -0.148. The van der Waals surface area contributed by atoms with E-state index in [4.69, 9.17) is 9.47 Å². The molecule has 0 radical (unpaired) electrons. The Morgan fingerprint density at radius 1 is 1.62 bits per heavy atom. The zero-order chi connectivity index (χ0) is 9.84. The Kier molecular flexibility index (Phi) is 4.10. The fourth-order valence-electron chi connectivity index (χ4n) is 1.52. The van der Waals surface area contributed by atoms with Crippen molar-refractivity contribution in [2.75, 3.05) is 13.7 Å². The van der Waals surface area contributed by atoms with E-state index in [0.717, 1.165) is 12.8 Å². The topological polar surface area (TPSA) is 38.8 Å². The standard InChI is InChI=1S/C8H16NO3P/c1-3-12-8(10)6-4-5-7(11-2)9(6)13/h6-7H,3-5,13H2,1-2H3/t6-,7?/m0/s1. The molecular weight excluding hydrogens is 189 g/mol. The van der Waals surface area contributed by atoms with Crippen molar-refractivity contribution in [1.82, 2.24) is 4.67 Å². The van der Waals surface area contributed by atoms with Crippen molar-refractivity contribution in [3.63, 3.8) is 0 Å². The average molecular weight is 205 g/mol. The molecule has 4 nitrogen and oxygen atoms in total. The third-order valence-corrected chi connectivity index (χ3v) is 2.90. The van der Waals surface area contributed by atoms with E-state index < -0.39 is 0 Å². The maximum atomic E-state index is 11.4. The number of hydrogen-bond acceptors (Lipinski definition) is 4. The van der Waals surface area contributed by atoms with Gasteiger partial charge in [-0.3, -0.25) is 4.79 Å². The molecule has 1 saturated heterocycles. The molecule has 0 bridgehead atoms. The first-order chi connectivity index (χ1) is 6.20. The van der Waals surface area contributed by atoms with Gasteiger partial charge in [-0.25, -0.2) is 4.67 Å². The fourth-order valence-corrected chi connectivity index (χ4v) is 2.06. The molecule has 0 aromatic rings. The highest BCUT2D eigenvalue weighted by molar-refractivity contribution is 7.13. The number of carbonyl (C=O) groups excluding carboxylic acids is 1. The van der Waals surface area contributed by atoms with E-state index in [-0.39, 0.29) is 18.2 Å². The van der Waals surface area contributed by atoms with Crippen LogP contribution in [-0.2, 0) is 14.3 Å². The molecule has 0 aromatic heterocycles. The number of rotatable bonds is 3. The Hall–Kier alpha value is -0.180. The minimum absolute atomic E-state index is 0.0272. The van der Waals surface area contributed by atoms with Crippen LogP contribution in [0.2, 0.25) is 0 Å². The molecule has 0 N–H and O–H groups in total. The van der Waals surface area contributed by atoms with Crippen molar-refractivity contribution in [2.45, 2.75) is 32.0 Å². The molecule has 2 unspecified atom stereocenters. The maximum absolute atomic E-state index is 11.4. The third kappa shape index (κ3) is 2.39. The van der Waals surface area contributed by atoms with Crippen molar-refractivity contribution >= 4 is 15.4 Å². The Morgan fingerprint density at radius 2 is 2.31 bits per heavy atom. The molecule has 0 saturated carbocycles. The van der Waals surface area contributed by atoms with E-state index in [2.05, 4.69) is 9.39 Å². The van der Waals surface area contributed by atoms with Crippen LogP contribution in [0.4, 0.5) is 0 Å².